The van der Waals surface area contributed by atoms with Crippen molar-refractivity contribution in [2.75, 3.05) is 0 Å². The van der Waals surface area contributed by atoms with Crippen molar-refractivity contribution >= 4 is 11.3 Å². The van der Waals surface area contributed by atoms with Crippen LogP contribution < -0.4 is 5.73 Å². The van der Waals surface area contributed by atoms with Gasteiger partial charge >= 0.3 is 0 Å². The maximum atomic E-state index is 6.32. The Morgan fingerprint density at radius 2 is 2.19 bits per heavy atom. The highest BCUT2D eigenvalue weighted by Crippen LogP contribution is 2.44. The standard InChI is InChI=1S/C12H18N2OS/c1-7-6-9-10(8(2)15-7)16-11(14-9)12(13)4-3-5-12/h7-8H,3-6,13H2,1-2H3. The zero-order valence-electron chi connectivity index (χ0n) is 9.82. The van der Waals surface area contributed by atoms with Gasteiger partial charge in [-0.3, -0.25) is 0 Å². The van der Waals surface area contributed by atoms with E-state index in [1.807, 2.05) is 0 Å². The van der Waals surface area contributed by atoms with Crippen LogP contribution in [0.2, 0.25) is 0 Å². The average Bonchev–Trinajstić information content (AvgIpc) is 2.58. The van der Waals surface area contributed by atoms with Crippen molar-refractivity contribution in [3.63, 3.8) is 0 Å². The van der Waals surface area contributed by atoms with Gasteiger partial charge in [-0.2, -0.15) is 0 Å². The predicted molar refractivity (Wildman–Crippen MR) is 64.5 cm³/mol. The second-order valence-corrected chi connectivity index (χ2v) is 6.16. The smallest absolute Gasteiger partial charge is 0.113 e. The van der Waals surface area contributed by atoms with Crippen LogP contribution in [0.1, 0.15) is 54.8 Å². The molecule has 0 saturated heterocycles. The molecule has 1 aromatic heterocycles. The van der Waals surface area contributed by atoms with Crippen LogP contribution in [0.15, 0.2) is 0 Å². The molecule has 2 atom stereocenters. The van der Waals surface area contributed by atoms with Gasteiger partial charge in [0.1, 0.15) is 5.01 Å². The van der Waals surface area contributed by atoms with Crippen molar-refractivity contribution in [2.24, 2.45) is 5.73 Å². The maximum Gasteiger partial charge on any atom is 0.113 e. The molecule has 1 saturated carbocycles. The Kier molecular flexibility index (Phi) is 2.35. The minimum atomic E-state index is -0.120. The summed E-state index contributed by atoms with van der Waals surface area (Å²) in [4.78, 5) is 6.06. The van der Waals surface area contributed by atoms with Crippen molar-refractivity contribution in [2.45, 2.75) is 57.3 Å². The first kappa shape index (κ1) is 10.7. The summed E-state index contributed by atoms with van der Waals surface area (Å²) >= 11 is 1.77. The molecule has 2 unspecified atom stereocenters. The van der Waals surface area contributed by atoms with E-state index in [4.69, 9.17) is 15.5 Å². The molecule has 2 aliphatic rings. The first-order chi connectivity index (χ1) is 7.58. The fraction of sp³-hybridized carbons (Fsp3) is 0.750. The summed E-state index contributed by atoms with van der Waals surface area (Å²) in [7, 11) is 0. The van der Waals surface area contributed by atoms with Gasteiger partial charge < -0.3 is 10.5 Å². The molecule has 3 rings (SSSR count). The van der Waals surface area contributed by atoms with Crippen LogP contribution in [0.25, 0.3) is 0 Å². The quantitative estimate of drug-likeness (QED) is 0.817. The fourth-order valence-electron chi connectivity index (χ4n) is 2.54. The molecule has 1 aliphatic heterocycles. The Morgan fingerprint density at radius 1 is 1.44 bits per heavy atom. The minimum absolute atomic E-state index is 0.120. The fourth-order valence-corrected chi connectivity index (χ4v) is 3.78. The summed E-state index contributed by atoms with van der Waals surface area (Å²) in [6, 6.07) is 0. The predicted octanol–water partition coefficient (Wildman–Crippen LogP) is 2.50. The highest BCUT2D eigenvalue weighted by molar-refractivity contribution is 7.12. The van der Waals surface area contributed by atoms with Crippen molar-refractivity contribution in [1.82, 2.24) is 4.98 Å². The van der Waals surface area contributed by atoms with Gasteiger partial charge in [-0.15, -0.1) is 11.3 Å². The molecule has 4 heteroatoms. The molecule has 88 valence electrons. The van der Waals surface area contributed by atoms with Crippen molar-refractivity contribution in [3.8, 4) is 0 Å². The lowest BCUT2D eigenvalue weighted by Crippen LogP contribution is -2.43. The number of ether oxygens (including phenoxy) is 1. The van der Waals surface area contributed by atoms with E-state index in [0.29, 0.717) is 0 Å². The number of hydrogen-bond acceptors (Lipinski definition) is 4. The Hall–Kier alpha value is -0.450. The molecular weight excluding hydrogens is 220 g/mol. The molecule has 0 bridgehead atoms. The van der Waals surface area contributed by atoms with Gasteiger partial charge in [0.25, 0.3) is 0 Å². The average molecular weight is 238 g/mol. The number of fused-ring (bicyclic) bond motifs is 1. The first-order valence-corrected chi connectivity index (χ1v) is 6.84. The molecule has 3 nitrogen and oxygen atoms in total. The van der Waals surface area contributed by atoms with E-state index in [9.17, 15) is 0 Å². The number of hydrogen-bond donors (Lipinski definition) is 1. The van der Waals surface area contributed by atoms with Crippen molar-refractivity contribution in [1.29, 1.82) is 0 Å². The Labute approximate surface area is 100 Å². The van der Waals surface area contributed by atoms with Crippen LogP contribution in [0.5, 0.6) is 0 Å². The van der Waals surface area contributed by atoms with Gasteiger partial charge in [0.05, 0.1) is 28.3 Å². The normalized spacial score (nSPS) is 31.9. The van der Waals surface area contributed by atoms with Gasteiger partial charge in [-0.1, -0.05) is 0 Å². The van der Waals surface area contributed by atoms with E-state index in [-0.39, 0.29) is 17.7 Å². The Morgan fingerprint density at radius 3 is 2.81 bits per heavy atom. The molecule has 1 aliphatic carbocycles. The van der Waals surface area contributed by atoms with Crippen molar-refractivity contribution < 1.29 is 4.74 Å². The summed E-state index contributed by atoms with van der Waals surface area (Å²) in [5, 5.41) is 1.13. The van der Waals surface area contributed by atoms with E-state index < -0.39 is 0 Å². The second-order valence-electron chi connectivity index (χ2n) is 5.13. The van der Waals surface area contributed by atoms with Gasteiger partial charge in [0, 0.05) is 6.42 Å². The largest absolute Gasteiger partial charge is 0.370 e. The second kappa shape index (κ2) is 3.52. The molecule has 0 spiro atoms. The summed E-state index contributed by atoms with van der Waals surface area (Å²) in [5.74, 6) is 0. The third-order valence-corrected chi connectivity index (χ3v) is 5.16. The molecule has 2 N–H and O–H groups in total. The highest BCUT2D eigenvalue weighted by atomic mass is 32.1. The number of nitrogens with two attached hydrogens (primary N) is 1. The zero-order chi connectivity index (χ0) is 11.3. The lowest BCUT2D eigenvalue weighted by molar-refractivity contribution is -0.00321. The molecule has 2 heterocycles. The molecule has 0 amide bonds. The van der Waals surface area contributed by atoms with E-state index in [1.165, 1.54) is 17.0 Å². The number of aromatic nitrogens is 1. The molecular formula is C12H18N2OS. The highest BCUT2D eigenvalue weighted by Gasteiger charge is 2.39. The minimum Gasteiger partial charge on any atom is -0.370 e. The summed E-state index contributed by atoms with van der Waals surface area (Å²) in [6.45, 7) is 4.22. The van der Waals surface area contributed by atoms with Gasteiger partial charge in [-0.25, -0.2) is 4.98 Å². The van der Waals surface area contributed by atoms with E-state index in [0.717, 1.165) is 24.3 Å². The molecule has 1 aromatic rings. The molecule has 16 heavy (non-hydrogen) atoms. The lowest BCUT2D eigenvalue weighted by Gasteiger charge is -2.35. The van der Waals surface area contributed by atoms with Crippen LogP contribution >= 0.6 is 11.3 Å². The summed E-state index contributed by atoms with van der Waals surface area (Å²) < 4.78 is 5.82. The monoisotopic (exact) mass is 238 g/mol. The number of rotatable bonds is 1. The van der Waals surface area contributed by atoms with Gasteiger partial charge in [0.15, 0.2) is 0 Å². The molecule has 0 aromatic carbocycles. The molecule has 1 fully saturated rings. The third-order valence-electron chi connectivity index (χ3n) is 3.69. The van der Waals surface area contributed by atoms with E-state index in [2.05, 4.69) is 13.8 Å². The number of thiazole rings is 1. The van der Waals surface area contributed by atoms with Crippen LogP contribution in [0.3, 0.4) is 0 Å². The third kappa shape index (κ3) is 1.51. The lowest BCUT2D eigenvalue weighted by atomic mass is 9.78. The van der Waals surface area contributed by atoms with Crippen LogP contribution in [0.4, 0.5) is 0 Å². The topological polar surface area (TPSA) is 48.1 Å². The summed E-state index contributed by atoms with van der Waals surface area (Å²) in [6.07, 6.45) is 4.82. The van der Waals surface area contributed by atoms with Gasteiger partial charge in [-0.05, 0) is 33.1 Å². The maximum absolute atomic E-state index is 6.32. The zero-order valence-corrected chi connectivity index (χ0v) is 10.6. The summed E-state index contributed by atoms with van der Waals surface area (Å²) in [5.41, 5.74) is 7.43. The molecule has 0 radical (unpaired) electrons. The Bertz CT molecular complexity index is 411. The Balaban J connectivity index is 1.96. The van der Waals surface area contributed by atoms with Crippen molar-refractivity contribution in [3.05, 3.63) is 15.6 Å². The van der Waals surface area contributed by atoms with Crippen LogP contribution in [0, 0.1) is 0 Å². The van der Waals surface area contributed by atoms with Crippen LogP contribution in [-0.2, 0) is 16.7 Å². The van der Waals surface area contributed by atoms with Gasteiger partial charge in [0.2, 0.25) is 0 Å². The van der Waals surface area contributed by atoms with E-state index >= 15 is 0 Å². The van der Waals surface area contributed by atoms with E-state index in [1.54, 1.807) is 11.3 Å². The first-order valence-electron chi connectivity index (χ1n) is 6.03. The number of nitrogens with zero attached hydrogens (tertiary/aromatic N) is 1. The SMILES string of the molecule is CC1Cc2nc(C3(N)CCC3)sc2C(C)O1. The van der Waals surface area contributed by atoms with Crippen LogP contribution in [-0.4, -0.2) is 11.1 Å².